The second kappa shape index (κ2) is 8.96. The van der Waals surface area contributed by atoms with E-state index >= 15 is 0 Å². The van der Waals surface area contributed by atoms with Crippen molar-refractivity contribution in [2.45, 2.75) is 65.8 Å². The average Bonchev–Trinajstić information content (AvgIpc) is 2.41. The van der Waals surface area contributed by atoms with Crippen molar-refractivity contribution in [1.29, 1.82) is 0 Å². The van der Waals surface area contributed by atoms with Crippen LogP contribution in [0, 0.1) is 5.41 Å². The van der Waals surface area contributed by atoms with Gasteiger partial charge in [-0.25, -0.2) is 0 Å². The van der Waals surface area contributed by atoms with Gasteiger partial charge in [0.25, 0.3) is 0 Å². The van der Waals surface area contributed by atoms with Crippen molar-refractivity contribution in [2.75, 3.05) is 26.9 Å². The Morgan fingerprint density at radius 2 is 1.58 bits per heavy atom. The number of methoxy groups -OCH3 is 1. The Morgan fingerprint density at radius 1 is 1.04 bits per heavy atom. The Hall–Kier alpha value is -0.923. The van der Waals surface area contributed by atoms with Gasteiger partial charge in [-0.05, 0) is 32.0 Å². The molecule has 0 saturated carbocycles. The van der Waals surface area contributed by atoms with Gasteiger partial charge in [0.15, 0.2) is 8.32 Å². The summed E-state index contributed by atoms with van der Waals surface area (Å²) >= 11 is 0. The molecule has 7 heteroatoms. The second-order valence-electron chi connectivity index (χ2n) is 8.19. The van der Waals surface area contributed by atoms with Crippen molar-refractivity contribution in [3.8, 4) is 0 Å². The summed E-state index contributed by atoms with van der Waals surface area (Å²) in [5.41, 5.74) is -0.754. The molecule has 0 fully saturated rings. The Kier molecular flexibility index (Phi) is 8.62. The molecule has 0 bridgehead atoms. The topological polar surface area (TPSA) is 71.1 Å². The van der Waals surface area contributed by atoms with Gasteiger partial charge in [0, 0.05) is 6.92 Å². The fraction of sp³-hybridized carbons (Fsp3) is 0.882. The number of rotatable bonds is 9. The maximum atomic E-state index is 11.6. The molecular formula is C17H34O6Si. The normalized spacial score (nSPS) is 14.2. The van der Waals surface area contributed by atoms with Crippen LogP contribution in [-0.4, -0.2) is 53.3 Å². The molecule has 0 radical (unpaired) electrons. The SMILES string of the molecule is COC(=O)C(C)(C)COCC(CO[Si](C)(C)C(C)(C)C)OC(C)=O. The molecule has 0 N–H and O–H groups in total. The van der Waals surface area contributed by atoms with Gasteiger partial charge in [0.05, 0.1) is 32.3 Å². The maximum Gasteiger partial charge on any atom is 0.313 e. The molecule has 0 amide bonds. The van der Waals surface area contributed by atoms with Gasteiger partial charge in [-0.1, -0.05) is 20.8 Å². The van der Waals surface area contributed by atoms with Gasteiger partial charge < -0.3 is 18.6 Å². The fourth-order valence-corrected chi connectivity index (χ4v) is 2.68. The van der Waals surface area contributed by atoms with Crippen LogP contribution in [0.1, 0.15) is 41.5 Å². The molecule has 0 rings (SSSR count). The van der Waals surface area contributed by atoms with E-state index in [1.54, 1.807) is 13.8 Å². The summed E-state index contributed by atoms with van der Waals surface area (Å²) in [5, 5.41) is 0.0709. The minimum atomic E-state index is -1.94. The van der Waals surface area contributed by atoms with Crippen molar-refractivity contribution in [2.24, 2.45) is 5.41 Å². The minimum absolute atomic E-state index is 0.0709. The molecule has 6 nitrogen and oxygen atoms in total. The number of hydrogen-bond acceptors (Lipinski definition) is 6. The third-order valence-corrected chi connectivity index (χ3v) is 8.77. The quantitative estimate of drug-likeness (QED) is 0.463. The summed E-state index contributed by atoms with van der Waals surface area (Å²) in [4.78, 5) is 22.9. The first kappa shape index (κ1) is 23.1. The molecule has 0 aromatic carbocycles. The van der Waals surface area contributed by atoms with Crippen molar-refractivity contribution >= 4 is 20.3 Å². The van der Waals surface area contributed by atoms with Gasteiger partial charge in [-0.3, -0.25) is 9.59 Å². The molecule has 0 aliphatic heterocycles. The minimum Gasteiger partial charge on any atom is -0.469 e. The van der Waals surface area contributed by atoms with Crippen LogP contribution in [0.2, 0.25) is 18.1 Å². The zero-order valence-corrected chi connectivity index (χ0v) is 17.6. The van der Waals surface area contributed by atoms with Crippen LogP contribution < -0.4 is 0 Å². The van der Waals surface area contributed by atoms with Gasteiger partial charge in [0.2, 0.25) is 0 Å². The van der Waals surface area contributed by atoms with Crippen LogP contribution in [0.5, 0.6) is 0 Å². The first-order valence-corrected chi connectivity index (χ1v) is 11.1. The summed E-state index contributed by atoms with van der Waals surface area (Å²) in [5.74, 6) is -0.723. The number of carbonyl (C=O) groups excluding carboxylic acids is 2. The zero-order chi connectivity index (χ0) is 19.2. The Balaban J connectivity index is 4.64. The van der Waals surface area contributed by atoms with Crippen LogP contribution >= 0.6 is 0 Å². The Labute approximate surface area is 147 Å². The molecule has 1 unspecified atom stereocenters. The average molecular weight is 363 g/mol. The lowest BCUT2D eigenvalue weighted by atomic mass is 9.95. The van der Waals surface area contributed by atoms with E-state index in [1.165, 1.54) is 14.0 Å². The van der Waals surface area contributed by atoms with E-state index < -0.39 is 19.8 Å². The molecule has 0 aliphatic carbocycles. The molecule has 0 aliphatic rings. The standard InChI is InChI=1S/C17H34O6Si/c1-13(18)23-14(11-22-24(8,9)16(2,3)4)10-21-12-17(5,6)15(19)20-7/h14H,10-12H2,1-9H3. The van der Waals surface area contributed by atoms with E-state index in [9.17, 15) is 9.59 Å². The highest BCUT2D eigenvalue weighted by Gasteiger charge is 2.38. The summed E-state index contributed by atoms with van der Waals surface area (Å²) < 4.78 is 21.7. The summed E-state index contributed by atoms with van der Waals surface area (Å²) in [7, 11) is -0.593. The highest BCUT2D eigenvalue weighted by atomic mass is 28.4. The predicted octanol–water partition coefficient (Wildman–Crippen LogP) is 3.16. The van der Waals surface area contributed by atoms with Gasteiger partial charge in [-0.2, -0.15) is 0 Å². The lowest BCUT2D eigenvalue weighted by Gasteiger charge is -2.37. The molecule has 142 valence electrons. The van der Waals surface area contributed by atoms with E-state index in [4.69, 9.17) is 18.6 Å². The lowest BCUT2D eigenvalue weighted by molar-refractivity contribution is -0.159. The van der Waals surface area contributed by atoms with E-state index in [2.05, 4.69) is 33.9 Å². The van der Waals surface area contributed by atoms with Crippen LogP contribution in [-0.2, 0) is 28.2 Å². The van der Waals surface area contributed by atoms with Crippen LogP contribution in [0.4, 0.5) is 0 Å². The fourth-order valence-electron chi connectivity index (χ4n) is 1.65. The van der Waals surface area contributed by atoms with Crippen molar-refractivity contribution in [3.05, 3.63) is 0 Å². The molecular weight excluding hydrogens is 328 g/mol. The van der Waals surface area contributed by atoms with E-state index in [0.29, 0.717) is 0 Å². The molecule has 0 spiro atoms. The number of hydrogen-bond donors (Lipinski definition) is 0. The molecule has 0 heterocycles. The van der Waals surface area contributed by atoms with Crippen molar-refractivity contribution in [3.63, 3.8) is 0 Å². The Morgan fingerprint density at radius 3 is 2.00 bits per heavy atom. The molecule has 24 heavy (non-hydrogen) atoms. The van der Waals surface area contributed by atoms with Crippen molar-refractivity contribution in [1.82, 2.24) is 0 Å². The predicted molar refractivity (Wildman–Crippen MR) is 95.3 cm³/mol. The second-order valence-corrected chi connectivity index (χ2v) is 13.0. The van der Waals surface area contributed by atoms with Gasteiger partial charge >= 0.3 is 11.9 Å². The molecule has 1 atom stereocenters. The summed E-state index contributed by atoms with van der Waals surface area (Å²) in [6, 6.07) is 0. The number of carbonyl (C=O) groups is 2. The van der Waals surface area contributed by atoms with Gasteiger partial charge in [-0.15, -0.1) is 0 Å². The largest absolute Gasteiger partial charge is 0.469 e. The highest BCUT2D eigenvalue weighted by Crippen LogP contribution is 2.36. The van der Waals surface area contributed by atoms with E-state index in [1.807, 2.05) is 0 Å². The monoisotopic (exact) mass is 362 g/mol. The molecule has 0 aromatic rings. The summed E-state index contributed by atoms with van der Waals surface area (Å²) in [6.07, 6.45) is -0.495. The van der Waals surface area contributed by atoms with Crippen LogP contribution in [0.3, 0.4) is 0 Å². The lowest BCUT2D eigenvalue weighted by Crippen LogP contribution is -2.44. The number of esters is 2. The van der Waals surface area contributed by atoms with Crippen molar-refractivity contribution < 1.29 is 28.2 Å². The van der Waals surface area contributed by atoms with E-state index in [-0.39, 0.29) is 36.8 Å². The number of ether oxygens (including phenoxy) is 3. The third-order valence-electron chi connectivity index (χ3n) is 4.27. The third kappa shape index (κ3) is 7.77. The van der Waals surface area contributed by atoms with Crippen LogP contribution in [0.25, 0.3) is 0 Å². The summed E-state index contributed by atoms with van der Waals surface area (Å²) in [6.45, 7) is 16.2. The first-order chi connectivity index (χ1) is 10.7. The Bertz CT molecular complexity index is 425. The molecule has 0 saturated heterocycles. The van der Waals surface area contributed by atoms with Gasteiger partial charge in [0.1, 0.15) is 6.10 Å². The molecule has 0 aromatic heterocycles. The van der Waals surface area contributed by atoms with Crippen LogP contribution in [0.15, 0.2) is 0 Å². The zero-order valence-electron chi connectivity index (χ0n) is 16.6. The smallest absolute Gasteiger partial charge is 0.313 e. The first-order valence-electron chi connectivity index (χ1n) is 8.20. The highest BCUT2D eigenvalue weighted by molar-refractivity contribution is 6.74. The van der Waals surface area contributed by atoms with E-state index in [0.717, 1.165) is 0 Å². The maximum absolute atomic E-state index is 11.6.